The normalized spacial score (nSPS) is 24.5. The van der Waals surface area contributed by atoms with E-state index in [-0.39, 0.29) is 0 Å². The van der Waals surface area contributed by atoms with Crippen molar-refractivity contribution in [2.75, 3.05) is 13.1 Å². The van der Waals surface area contributed by atoms with E-state index in [1.165, 1.54) is 16.0 Å². The second kappa shape index (κ2) is 3.66. The minimum Gasteiger partial charge on any atom is -0.465 e. The highest BCUT2D eigenvalue weighted by atomic mass is 16.4. The van der Waals surface area contributed by atoms with Gasteiger partial charge in [0.25, 0.3) is 0 Å². The third kappa shape index (κ3) is 1.51. The summed E-state index contributed by atoms with van der Waals surface area (Å²) in [6.07, 6.45) is 3.62. The van der Waals surface area contributed by atoms with E-state index in [2.05, 4.69) is 22.1 Å². The van der Waals surface area contributed by atoms with Crippen molar-refractivity contribution in [1.82, 2.24) is 14.9 Å². The number of likely N-dealkylation sites (tertiary alicyclic amines) is 1. The molecule has 0 saturated carbocycles. The summed E-state index contributed by atoms with van der Waals surface area (Å²) in [6.45, 7) is 1.20. The van der Waals surface area contributed by atoms with Crippen LogP contribution < -0.4 is 0 Å². The standard InChI is InChI=1S/C14H13N3O2/c18-14(19)17-6-8-3-9(7-17)11-5-13-12(4-10(8)11)15-1-2-16-13/h1-2,4-5,8-9H,3,6-7H2,(H,18,19)/t8-,9+. The van der Waals surface area contributed by atoms with Gasteiger partial charge in [0, 0.05) is 37.3 Å². The first kappa shape index (κ1) is 10.7. The molecular formula is C14H13N3O2. The van der Waals surface area contributed by atoms with Crippen LogP contribution in [0.5, 0.6) is 0 Å². The fourth-order valence-corrected chi connectivity index (χ4v) is 3.46. The number of hydrogen-bond acceptors (Lipinski definition) is 3. The van der Waals surface area contributed by atoms with Crippen molar-refractivity contribution in [3.05, 3.63) is 35.7 Å². The molecule has 2 bridgehead atoms. The molecule has 5 nitrogen and oxygen atoms in total. The van der Waals surface area contributed by atoms with Gasteiger partial charge in [0.1, 0.15) is 0 Å². The molecule has 19 heavy (non-hydrogen) atoms. The number of amides is 1. The predicted molar refractivity (Wildman–Crippen MR) is 69.2 cm³/mol. The van der Waals surface area contributed by atoms with Crippen LogP contribution in [0, 0.1) is 0 Å². The van der Waals surface area contributed by atoms with Gasteiger partial charge in [0.05, 0.1) is 11.0 Å². The lowest BCUT2D eigenvalue weighted by Gasteiger charge is -2.29. The van der Waals surface area contributed by atoms with Crippen molar-refractivity contribution < 1.29 is 9.90 Å². The summed E-state index contributed by atoms with van der Waals surface area (Å²) in [6, 6.07) is 4.18. The van der Waals surface area contributed by atoms with Crippen LogP contribution in [0.15, 0.2) is 24.5 Å². The Kier molecular flexibility index (Phi) is 2.07. The minimum absolute atomic E-state index is 0.316. The molecule has 1 aliphatic heterocycles. The smallest absolute Gasteiger partial charge is 0.407 e. The van der Waals surface area contributed by atoms with E-state index in [1.807, 2.05) is 0 Å². The van der Waals surface area contributed by atoms with E-state index in [4.69, 9.17) is 0 Å². The van der Waals surface area contributed by atoms with E-state index in [1.54, 1.807) is 12.4 Å². The molecule has 4 rings (SSSR count). The molecule has 1 aromatic carbocycles. The molecule has 0 spiro atoms. The maximum atomic E-state index is 11.2. The van der Waals surface area contributed by atoms with Crippen LogP contribution in [0.4, 0.5) is 4.79 Å². The van der Waals surface area contributed by atoms with Gasteiger partial charge in [-0.25, -0.2) is 4.79 Å². The average molecular weight is 255 g/mol. The lowest BCUT2D eigenvalue weighted by Crippen LogP contribution is -2.38. The third-order valence-electron chi connectivity index (χ3n) is 4.27. The topological polar surface area (TPSA) is 66.3 Å². The van der Waals surface area contributed by atoms with Gasteiger partial charge in [-0.2, -0.15) is 0 Å². The Labute approximate surface area is 109 Å². The minimum atomic E-state index is -0.816. The van der Waals surface area contributed by atoms with Gasteiger partial charge in [-0.1, -0.05) is 0 Å². The number of fused-ring (bicyclic) bond motifs is 6. The number of nitrogens with zero attached hydrogens (tertiary/aromatic N) is 3. The Balaban J connectivity index is 1.85. The first-order chi connectivity index (χ1) is 9.22. The summed E-state index contributed by atoms with van der Waals surface area (Å²) in [5.41, 5.74) is 4.33. The van der Waals surface area contributed by atoms with Gasteiger partial charge in [0.15, 0.2) is 0 Å². The molecule has 0 radical (unpaired) electrons. The summed E-state index contributed by atoms with van der Waals surface area (Å²) in [4.78, 5) is 21.4. The lowest BCUT2D eigenvalue weighted by atomic mass is 9.96. The second-order valence-corrected chi connectivity index (χ2v) is 5.34. The van der Waals surface area contributed by atoms with Crippen LogP contribution in [0.3, 0.4) is 0 Å². The summed E-state index contributed by atoms with van der Waals surface area (Å²) in [5.74, 6) is 0.632. The molecule has 2 heterocycles. The number of benzene rings is 1. The van der Waals surface area contributed by atoms with Crippen LogP contribution >= 0.6 is 0 Å². The fourth-order valence-electron chi connectivity index (χ4n) is 3.46. The summed E-state index contributed by atoms with van der Waals surface area (Å²) in [5, 5.41) is 9.17. The molecule has 96 valence electrons. The summed E-state index contributed by atoms with van der Waals surface area (Å²) < 4.78 is 0. The van der Waals surface area contributed by atoms with Gasteiger partial charge in [-0.15, -0.1) is 0 Å². The van der Waals surface area contributed by atoms with E-state index in [0.29, 0.717) is 24.9 Å². The maximum absolute atomic E-state index is 11.2. The SMILES string of the molecule is O=C(O)N1C[C@H]2C[C@@H](C1)c1cc3nccnc3cc12. The molecule has 1 aromatic heterocycles. The first-order valence-electron chi connectivity index (χ1n) is 6.45. The van der Waals surface area contributed by atoms with Crippen molar-refractivity contribution in [3.8, 4) is 0 Å². The molecule has 2 aliphatic rings. The Bertz CT molecular complexity index is 635. The van der Waals surface area contributed by atoms with Crippen molar-refractivity contribution in [2.45, 2.75) is 18.3 Å². The highest BCUT2D eigenvalue weighted by molar-refractivity contribution is 5.77. The average Bonchev–Trinajstić information content (AvgIpc) is 2.67. The molecule has 1 amide bonds. The summed E-state index contributed by atoms with van der Waals surface area (Å²) in [7, 11) is 0. The first-order valence-corrected chi connectivity index (χ1v) is 6.45. The largest absolute Gasteiger partial charge is 0.465 e. The van der Waals surface area contributed by atoms with Gasteiger partial charge in [-0.05, 0) is 29.7 Å². The van der Waals surface area contributed by atoms with Crippen LogP contribution in [0.1, 0.15) is 29.4 Å². The zero-order valence-electron chi connectivity index (χ0n) is 10.3. The molecule has 2 aromatic rings. The second-order valence-electron chi connectivity index (χ2n) is 5.34. The van der Waals surface area contributed by atoms with Crippen LogP contribution in [0.2, 0.25) is 0 Å². The number of rotatable bonds is 0. The summed E-state index contributed by atoms with van der Waals surface area (Å²) >= 11 is 0. The number of carbonyl (C=O) groups is 1. The van der Waals surface area contributed by atoms with Crippen molar-refractivity contribution in [2.24, 2.45) is 0 Å². The molecule has 0 unspecified atom stereocenters. The predicted octanol–water partition coefficient (Wildman–Crippen LogP) is 2.19. The Morgan fingerprint density at radius 2 is 1.63 bits per heavy atom. The van der Waals surface area contributed by atoms with Gasteiger partial charge >= 0.3 is 6.09 Å². The van der Waals surface area contributed by atoms with Crippen molar-refractivity contribution in [1.29, 1.82) is 0 Å². The third-order valence-corrected chi connectivity index (χ3v) is 4.27. The van der Waals surface area contributed by atoms with Crippen LogP contribution in [-0.2, 0) is 0 Å². The number of hydrogen-bond donors (Lipinski definition) is 1. The van der Waals surface area contributed by atoms with E-state index in [9.17, 15) is 9.90 Å². The lowest BCUT2D eigenvalue weighted by molar-refractivity contribution is 0.129. The Morgan fingerprint density at radius 1 is 1.11 bits per heavy atom. The van der Waals surface area contributed by atoms with E-state index < -0.39 is 6.09 Å². The van der Waals surface area contributed by atoms with Crippen LogP contribution in [0.25, 0.3) is 11.0 Å². The Hall–Kier alpha value is -2.17. The van der Waals surface area contributed by atoms with E-state index >= 15 is 0 Å². The van der Waals surface area contributed by atoms with Crippen molar-refractivity contribution in [3.63, 3.8) is 0 Å². The molecule has 1 aliphatic carbocycles. The molecule has 1 N–H and O–H groups in total. The number of piperidine rings is 1. The van der Waals surface area contributed by atoms with Crippen molar-refractivity contribution >= 4 is 17.1 Å². The van der Waals surface area contributed by atoms with Gasteiger partial charge in [0.2, 0.25) is 0 Å². The monoisotopic (exact) mass is 255 g/mol. The Morgan fingerprint density at radius 3 is 2.11 bits per heavy atom. The number of carboxylic acid groups (broad SMARTS) is 1. The molecule has 1 saturated heterocycles. The fraction of sp³-hybridized carbons (Fsp3) is 0.357. The zero-order valence-corrected chi connectivity index (χ0v) is 10.3. The highest BCUT2D eigenvalue weighted by Crippen LogP contribution is 2.46. The zero-order chi connectivity index (χ0) is 13.0. The highest BCUT2D eigenvalue weighted by Gasteiger charge is 2.39. The number of aromatic nitrogens is 2. The van der Waals surface area contributed by atoms with Gasteiger partial charge in [-0.3, -0.25) is 9.97 Å². The molecule has 2 atom stereocenters. The quantitative estimate of drug-likeness (QED) is 0.783. The van der Waals surface area contributed by atoms with Crippen LogP contribution in [-0.4, -0.2) is 39.2 Å². The maximum Gasteiger partial charge on any atom is 0.407 e. The molecular weight excluding hydrogens is 242 g/mol. The van der Waals surface area contributed by atoms with E-state index in [0.717, 1.165) is 17.5 Å². The van der Waals surface area contributed by atoms with Gasteiger partial charge < -0.3 is 10.0 Å². The molecule has 1 fully saturated rings. The molecule has 5 heteroatoms.